The number of hydrogen-bond donors (Lipinski definition) is 2. The highest BCUT2D eigenvalue weighted by Gasteiger charge is 2.35. The first-order valence-electron chi connectivity index (χ1n) is 11.3. The highest BCUT2D eigenvalue weighted by Crippen LogP contribution is 2.30. The fourth-order valence-electron chi connectivity index (χ4n) is 4.60. The third-order valence-electron chi connectivity index (χ3n) is 6.38. The molecule has 0 atom stereocenters. The van der Waals surface area contributed by atoms with Crippen molar-refractivity contribution in [1.29, 1.82) is 0 Å². The Bertz CT molecular complexity index is 1260. The topological polar surface area (TPSA) is 116 Å². The predicted molar refractivity (Wildman–Crippen MR) is 124 cm³/mol. The molecule has 1 saturated heterocycles. The second-order valence-corrected chi connectivity index (χ2v) is 8.44. The summed E-state index contributed by atoms with van der Waals surface area (Å²) in [5.74, 6) is -1.41. The zero-order chi connectivity index (χ0) is 23.8. The van der Waals surface area contributed by atoms with Crippen LogP contribution in [0, 0.1) is 0 Å². The summed E-state index contributed by atoms with van der Waals surface area (Å²) >= 11 is 0. The molecule has 174 valence electrons. The molecule has 1 aromatic heterocycles. The van der Waals surface area contributed by atoms with Gasteiger partial charge in [-0.3, -0.25) is 9.59 Å². The number of carbonyl (C=O) groups is 3. The van der Waals surface area contributed by atoms with Gasteiger partial charge < -0.3 is 20.0 Å². The number of rotatable bonds is 5. The lowest BCUT2D eigenvalue weighted by Gasteiger charge is -2.29. The SMILES string of the molecule is O=C(O)c1nn(-c2ccc(CO)cc2)c2c1CCN(c1ccc(N3CCCCC3=O)cc1)C2=O. The molecule has 3 aromatic rings. The molecule has 2 N–H and O–H groups in total. The molecule has 2 aromatic carbocycles. The van der Waals surface area contributed by atoms with Crippen LogP contribution in [0.1, 0.15) is 51.4 Å². The lowest BCUT2D eigenvalue weighted by Crippen LogP contribution is -2.39. The van der Waals surface area contributed by atoms with Crippen molar-refractivity contribution in [1.82, 2.24) is 9.78 Å². The van der Waals surface area contributed by atoms with Gasteiger partial charge >= 0.3 is 5.97 Å². The van der Waals surface area contributed by atoms with Gasteiger partial charge in [-0.25, -0.2) is 9.48 Å². The van der Waals surface area contributed by atoms with E-state index >= 15 is 0 Å². The fraction of sp³-hybridized carbons (Fsp3) is 0.280. The first-order chi connectivity index (χ1) is 16.5. The van der Waals surface area contributed by atoms with E-state index < -0.39 is 5.97 Å². The molecule has 0 radical (unpaired) electrons. The van der Waals surface area contributed by atoms with Gasteiger partial charge in [0, 0.05) is 36.4 Å². The van der Waals surface area contributed by atoms with E-state index in [-0.39, 0.29) is 29.8 Å². The third kappa shape index (κ3) is 3.73. The molecule has 0 aliphatic carbocycles. The van der Waals surface area contributed by atoms with Crippen LogP contribution < -0.4 is 9.80 Å². The van der Waals surface area contributed by atoms with Crippen LogP contribution in [-0.2, 0) is 17.8 Å². The number of fused-ring (bicyclic) bond motifs is 1. The Morgan fingerprint density at radius 3 is 2.12 bits per heavy atom. The first-order valence-corrected chi connectivity index (χ1v) is 11.3. The standard InChI is InChI=1S/C25H24N4O5/c30-15-16-4-6-19(7-5-16)29-23-20(22(26-29)25(33)34)12-14-28(24(23)32)18-10-8-17(9-11-18)27-13-2-1-3-21(27)31/h4-11,30H,1-3,12-15H2,(H,33,34). The van der Waals surface area contributed by atoms with Gasteiger partial charge in [-0.15, -0.1) is 0 Å². The normalized spacial score (nSPS) is 16.0. The van der Waals surface area contributed by atoms with Gasteiger partial charge in [0.2, 0.25) is 5.91 Å². The van der Waals surface area contributed by atoms with E-state index in [1.54, 1.807) is 34.1 Å². The lowest BCUT2D eigenvalue weighted by molar-refractivity contribution is -0.119. The minimum atomic E-state index is -1.18. The molecule has 9 nitrogen and oxygen atoms in total. The van der Waals surface area contributed by atoms with Gasteiger partial charge in [-0.2, -0.15) is 5.10 Å². The molecule has 2 aliphatic heterocycles. The molecule has 34 heavy (non-hydrogen) atoms. The minimum Gasteiger partial charge on any atom is -0.476 e. The summed E-state index contributed by atoms with van der Waals surface area (Å²) < 4.78 is 1.37. The van der Waals surface area contributed by atoms with Gasteiger partial charge in [0.1, 0.15) is 5.69 Å². The van der Waals surface area contributed by atoms with E-state index in [0.29, 0.717) is 48.4 Å². The van der Waals surface area contributed by atoms with Gasteiger partial charge in [-0.05, 0) is 61.2 Å². The molecule has 9 heteroatoms. The molecule has 0 bridgehead atoms. The van der Waals surface area contributed by atoms with Crippen molar-refractivity contribution in [2.45, 2.75) is 32.3 Å². The maximum Gasteiger partial charge on any atom is 0.356 e. The number of benzene rings is 2. The van der Waals surface area contributed by atoms with E-state index in [1.807, 2.05) is 24.3 Å². The van der Waals surface area contributed by atoms with Crippen molar-refractivity contribution in [3.05, 3.63) is 71.0 Å². The summed E-state index contributed by atoms with van der Waals surface area (Å²) in [5, 5.41) is 23.2. The molecule has 2 aliphatic rings. The number of aromatic nitrogens is 2. The maximum atomic E-state index is 13.6. The van der Waals surface area contributed by atoms with Gasteiger partial charge in [-0.1, -0.05) is 12.1 Å². The molecule has 3 heterocycles. The summed E-state index contributed by atoms with van der Waals surface area (Å²) in [6, 6.07) is 14.1. The molecule has 5 rings (SSSR count). The van der Waals surface area contributed by atoms with E-state index in [4.69, 9.17) is 0 Å². The Labute approximate surface area is 195 Å². The summed E-state index contributed by atoms with van der Waals surface area (Å²) in [5.41, 5.74) is 3.21. The molecular formula is C25H24N4O5. The summed E-state index contributed by atoms with van der Waals surface area (Å²) in [4.78, 5) is 41.0. The second kappa shape index (κ2) is 8.75. The van der Waals surface area contributed by atoms with Gasteiger partial charge in [0.25, 0.3) is 5.91 Å². The number of aliphatic hydroxyl groups excluding tert-OH is 1. The van der Waals surface area contributed by atoms with Crippen LogP contribution in [0.5, 0.6) is 0 Å². The zero-order valence-electron chi connectivity index (χ0n) is 18.5. The molecule has 0 unspecified atom stereocenters. The number of anilines is 2. The summed E-state index contributed by atoms with van der Waals surface area (Å²) in [6.45, 7) is 0.892. The number of piperidine rings is 1. The largest absolute Gasteiger partial charge is 0.476 e. The van der Waals surface area contributed by atoms with Crippen molar-refractivity contribution in [3.63, 3.8) is 0 Å². The number of carbonyl (C=O) groups excluding carboxylic acids is 2. The number of carboxylic acids is 1. The molecule has 0 spiro atoms. The van der Waals surface area contributed by atoms with E-state index in [9.17, 15) is 24.6 Å². The Kier molecular flexibility index (Phi) is 5.62. The number of aromatic carboxylic acids is 1. The summed E-state index contributed by atoms with van der Waals surface area (Å²) in [7, 11) is 0. The number of hydrogen-bond acceptors (Lipinski definition) is 5. The Morgan fingerprint density at radius 2 is 1.50 bits per heavy atom. The average Bonchev–Trinajstić information content (AvgIpc) is 3.26. The lowest BCUT2D eigenvalue weighted by atomic mass is 10.0. The van der Waals surface area contributed by atoms with Gasteiger partial charge in [0.05, 0.1) is 12.3 Å². The highest BCUT2D eigenvalue weighted by atomic mass is 16.4. The van der Waals surface area contributed by atoms with E-state index in [0.717, 1.165) is 18.5 Å². The van der Waals surface area contributed by atoms with Crippen LogP contribution in [0.25, 0.3) is 5.69 Å². The molecule has 0 saturated carbocycles. The smallest absolute Gasteiger partial charge is 0.356 e. The number of aliphatic hydroxyl groups is 1. The predicted octanol–water partition coefficient (Wildman–Crippen LogP) is 2.78. The number of nitrogens with zero attached hydrogens (tertiary/aromatic N) is 4. The zero-order valence-corrected chi connectivity index (χ0v) is 18.5. The molecule has 1 fully saturated rings. The van der Waals surface area contributed by atoms with Crippen LogP contribution >= 0.6 is 0 Å². The van der Waals surface area contributed by atoms with Crippen molar-refractivity contribution >= 4 is 29.2 Å². The minimum absolute atomic E-state index is 0.106. The van der Waals surface area contributed by atoms with E-state index in [1.165, 1.54) is 4.68 Å². The van der Waals surface area contributed by atoms with Crippen molar-refractivity contribution < 1.29 is 24.6 Å². The maximum absolute atomic E-state index is 13.6. The Hall–Kier alpha value is -3.98. The quantitative estimate of drug-likeness (QED) is 0.605. The first kappa shape index (κ1) is 21.8. The van der Waals surface area contributed by atoms with Crippen LogP contribution in [-0.4, -0.2) is 50.9 Å². The Morgan fingerprint density at radius 1 is 0.853 bits per heavy atom. The van der Waals surface area contributed by atoms with Crippen LogP contribution in [0.2, 0.25) is 0 Å². The monoisotopic (exact) mass is 460 g/mol. The second-order valence-electron chi connectivity index (χ2n) is 8.44. The Balaban J connectivity index is 1.49. The van der Waals surface area contributed by atoms with E-state index in [2.05, 4.69) is 5.10 Å². The fourth-order valence-corrected chi connectivity index (χ4v) is 4.60. The van der Waals surface area contributed by atoms with Crippen LogP contribution in [0.15, 0.2) is 48.5 Å². The number of carboxylic acid groups (broad SMARTS) is 1. The number of amides is 2. The third-order valence-corrected chi connectivity index (χ3v) is 6.38. The molecular weight excluding hydrogens is 436 g/mol. The van der Waals surface area contributed by atoms with Crippen molar-refractivity contribution in [2.75, 3.05) is 22.9 Å². The highest BCUT2D eigenvalue weighted by molar-refractivity contribution is 6.09. The van der Waals surface area contributed by atoms with Crippen LogP contribution in [0.3, 0.4) is 0 Å². The summed E-state index contributed by atoms with van der Waals surface area (Å²) in [6.07, 6.45) is 2.77. The van der Waals surface area contributed by atoms with Crippen LogP contribution in [0.4, 0.5) is 11.4 Å². The van der Waals surface area contributed by atoms with Crippen molar-refractivity contribution in [3.8, 4) is 5.69 Å². The van der Waals surface area contributed by atoms with Crippen molar-refractivity contribution in [2.24, 2.45) is 0 Å². The van der Waals surface area contributed by atoms with Gasteiger partial charge in [0.15, 0.2) is 5.69 Å². The molecule has 2 amide bonds. The average molecular weight is 460 g/mol.